The first-order valence-corrected chi connectivity index (χ1v) is 9.58. The van der Waals surface area contributed by atoms with Crippen LogP contribution in [0.1, 0.15) is 51.0 Å². The molecule has 2 heteroatoms. The number of rotatable bonds is 3. The Balaban J connectivity index is 1.56. The second-order valence-corrected chi connectivity index (χ2v) is 9.87. The fraction of sp³-hybridized carbons (Fsp3) is 0.684. The van der Waals surface area contributed by atoms with E-state index in [0.717, 1.165) is 22.7 Å². The Morgan fingerprint density at radius 2 is 1.76 bits per heavy atom. The van der Waals surface area contributed by atoms with E-state index >= 15 is 0 Å². The van der Waals surface area contributed by atoms with Crippen molar-refractivity contribution in [3.8, 4) is 0 Å². The van der Waals surface area contributed by atoms with E-state index < -0.39 is 0 Å². The van der Waals surface area contributed by atoms with Crippen LogP contribution in [0.15, 0.2) is 28.7 Å². The Hall–Kier alpha value is -0.0100. The molecule has 0 radical (unpaired) electrons. The van der Waals surface area contributed by atoms with Crippen LogP contribution in [-0.4, -0.2) is 5.38 Å². The quantitative estimate of drug-likeness (QED) is 0.557. The van der Waals surface area contributed by atoms with Crippen LogP contribution < -0.4 is 0 Å². The van der Waals surface area contributed by atoms with Crippen molar-refractivity contribution in [2.75, 3.05) is 0 Å². The molecule has 5 rings (SSSR count). The normalized spacial score (nSPS) is 42.2. The van der Waals surface area contributed by atoms with Gasteiger partial charge in [0.25, 0.3) is 0 Å². The molecule has 0 aliphatic heterocycles. The van der Waals surface area contributed by atoms with Gasteiger partial charge in [-0.1, -0.05) is 35.0 Å². The third-order valence-electron chi connectivity index (χ3n) is 6.39. The second-order valence-electron chi connectivity index (χ2n) is 8.43. The summed E-state index contributed by atoms with van der Waals surface area (Å²) in [6.07, 6.45) is 9.61. The van der Waals surface area contributed by atoms with Crippen LogP contribution in [0.2, 0.25) is 0 Å². The third-order valence-corrected chi connectivity index (χ3v) is 7.54. The van der Waals surface area contributed by atoms with E-state index in [4.69, 9.17) is 11.6 Å². The van der Waals surface area contributed by atoms with Crippen molar-refractivity contribution >= 4 is 27.5 Å². The molecule has 4 fully saturated rings. The molecular formula is C19H24BrCl. The molecule has 0 saturated heterocycles. The van der Waals surface area contributed by atoms with Crippen molar-refractivity contribution in [1.82, 2.24) is 0 Å². The van der Waals surface area contributed by atoms with Gasteiger partial charge in [0, 0.05) is 9.85 Å². The molecular weight excluding hydrogens is 344 g/mol. The van der Waals surface area contributed by atoms with Crippen molar-refractivity contribution in [3.05, 3.63) is 34.3 Å². The van der Waals surface area contributed by atoms with Gasteiger partial charge in [0.05, 0.1) is 0 Å². The zero-order valence-electron chi connectivity index (χ0n) is 12.7. The van der Waals surface area contributed by atoms with Crippen LogP contribution in [0, 0.1) is 22.7 Å². The molecule has 0 N–H and O–H groups in total. The fourth-order valence-corrected chi connectivity index (χ4v) is 6.91. The molecule has 0 amide bonds. The van der Waals surface area contributed by atoms with E-state index in [1.165, 1.54) is 44.1 Å². The van der Waals surface area contributed by atoms with Gasteiger partial charge in [0.1, 0.15) is 0 Å². The number of halogens is 2. The van der Waals surface area contributed by atoms with Gasteiger partial charge in [-0.05, 0) is 85.3 Å². The Labute approximate surface area is 141 Å². The first kappa shape index (κ1) is 14.6. The average molecular weight is 368 g/mol. The highest BCUT2D eigenvalue weighted by atomic mass is 79.9. The maximum Gasteiger partial charge on any atom is 0.0433 e. The smallest absolute Gasteiger partial charge is 0.0433 e. The third kappa shape index (κ3) is 2.59. The van der Waals surface area contributed by atoms with E-state index in [1.54, 1.807) is 0 Å². The minimum absolute atomic E-state index is 0.309. The monoisotopic (exact) mass is 366 g/mol. The van der Waals surface area contributed by atoms with Crippen LogP contribution in [0.3, 0.4) is 0 Å². The predicted molar refractivity (Wildman–Crippen MR) is 92.7 cm³/mol. The van der Waals surface area contributed by atoms with Crippen LogP contribution in [-0.2, 0) is 6.42 Å². The van der Waals surface area contributed by atoms with Crippen molar-refractivity contribution in [2.45, 2.75) is 57.2 Å². The SMILES string of the molecule is CC12CC3CC(C1)CC(C(Cl)Cc1ccc(Br)cc1)(C3)C2. The molecule has 21 heavy (non-hydrogen) atoms. The number of alkyl halides is 1. The molecule has 0 heterocycles. The predicted octanol–water partition coefficient (Wildman–Crippen LogP) is 6.21. The molecule has 0 spiro atoms. The molecule has 3 atom stereocenters. The molecule has 4 bridgehead atoms. The summed E-state index contributed by atoms with van der Waals surface area (Å²) in [6, 6.07) is 8.73. The van der Waals surface area contributed by atoms with Crippen molar-refractivity contribution < 1.29 is 0 Å². The lowest BCUT2D eigenvalue weighted by atomic mass is 9.44. The van der Waals surface area contributed by atoms with Gasteiger partial charge >= 0.3 is 0 Å². The summed E-state index contributed by atoms with van der Waals surface area (Å²) in [5.41, 5.74) is 2.41. The summed E-state index contributed by atoms with van der Waals surface area (Å²) in [7, 11) is 0. The Morgan fingerprint density at radius 3 is 2.33 bits per heavy atom. The van der Waals surface area contributed by atoms with E-state index in [-0.39, 0.29) is 0 Å². The molecule has 4 saturated carbocycles. The average Bonchev–Trinajstić information content (AvgIpc) is 2.38. The standard InChI is InChI=1S/C19H24BrCl/c1-18-8-14-6-15(9-18)11-19(10-14,12-18)17(21)7-13-2-4-16(20)5-3-13/h2-5,14-15,17H,6-12H2,1H3. The lowest BCUT2D eigenvalue weighted by molar-refractivity contribution is -0.103. The van der Waals surface area contributed by atoms with Crippen LogP contribution in [0.25, 0.3) is 0 Å². The van der Waals surface area contributed by atoms with Gasteiger partial charge in [-0.3, -0.25) is 0 Å². The van der Waals surface area contributed by atoms with Gasteiger partial charge in [-0.15, -0.1) is 11.6 Å². The highest BCUT2D eigenvalue weighted by molar-refractivity contribution is 9.10. The minimum Gasteiger partial charge on any atom is -0.122 e. The Bertz CT molecular complexity index is 521. The van der Waals surface area contributed by atoms with Gasteiger partial charge in [-0.25, -0.2) is 0 Å². The second kappa shape index (κ2) is 4.99. The molecule has 0 nitrogen and oxygen atoms in total. The fourth-order valence-electron chi connectivity index (χ4n) is 6.21. The first-order chi connectivity index (χ1) is 9.96. The molecule has 1 aromatic rings. The molecule has 0 aromatic heterocycles. The molecule has 4 aliphatic carbocycles. The lowest BCUT2D eigenvalue weighted by Crippen LogP contribution is -2.54. The molecule has 114 valence electrons. The van der Waals surface area contributed by atoms with E-state index in [1.807, 2.05) is 0 Å². The summed E-state index contributed by atoms with van der Waals surface area (Å²) in [5, 5.41) is 0.309. The molecule has 3 unspecified atom stereocenters. The van der Waals surface area contributed by atoms with Crippen LogP contribution in [0.4, 0.5) is 0 Å². The molecule has 1 aromatic carbocycles. The van der Waals surface area contributed by atoms with E-state index in [9.17, 15) is 0 Å². The highest BCUT2D eigenvalue weighted by Gasteiger charge is 2.57. The Morgan fingerprint density at radius 1 is 1.14 bits per heavy atom. The summed E-state index contributed by atoms with van der Waals surface area (Å²) in [5.74, 6) is 1.92. The highest BCUT2D eigenvalue weighted by Crippen LogP contribution is 2.67. The van der Waals surface area contributed by atoms with Gasteiger partial charge < -0.3 is 0 Å². The van der Waals surface area contributed by atoms with E-state index in [0.29, 0.717) is 16.2 Å². The summed E-state index contributed by atoms with van der Waals surface area (Å²) in [6.45, 7) is 2.53. The van der Waals surface area contributed by atoms with E-state index in [2.05, 4.69) is 47.1 Å². The van der Waals surface area contributed by atoms with Crippen molar-refractivity contribution in [3.63, 3.8) is 0 Å². The largest absolute Gasteiger partial charge is 0.122 e. The Kier molecular flexibility index (Phi) is 3.47. The zero-order valence-corrected chi connectivity index (χ0v) is 15.1. The summed E-state index contributed by atoms with van der Waals surface area (Å²) >= 11 is 10.5. The number of benzene rings is 1. The topological polar surface area (TPSA) is 0 Å². The van der Waals surface area contributed by atoms with Gasteiger partial charge in [0.2, 0.25) is 0 Å². The maximum atomic E-state index is 7.03. The van der Waals surface area contributed by atoms with Crippen molar-refractivity contribution in [2.24, 2.45) is 22.7 Å². The minimum atomic E-state index is 0.309. The summed E-state index contributed by atoms with van der Waals surface area (Å²) < 4.78 is 1.15. The summed E-state index contributed by atoms with van der Waals surface area (Å²) in [4.78, 5) is 0. The van der Waals surface area contributed by atoms with Gasteiger partial charge in [-0.2, -0.15) is 0 Å². The first-order valence-electron chi connectivity index (χ1n) is 8.35. The van der Waals surface area contributed by atoms with Crippen LogP contribution >= 0.6 is 27.5 Å². The lowest BCUT2D eigenvalue weighted by Gasteiger charge is -2.62. The van der Waals surface area contributed by atoms with Gasteiger partial charge in [0.15, 0.2) is 0 Å². The van der Waals surface area contributed by atoms with Crippen LogP contribution in [0.5, 0.6) is 0 Å². The number of hydrogen-bond acceptors (Lipinski definition) is 0. The maximum absolute atomic E-state index is 7.03. The van der Waals surface area contributed by atoms with Crippen molar-refractivity contribution in [1.29, 1.82) is 0 Å². The molecule has 4 aliphatic rings. The zero-order chi connectivity index (χ0) is 14.7. The number of hydrogen-bond donors (Lipinski definition) is 0.